The van der Waals surface area contributed by atoms with Crippen LogP contribution in [0.1, 0.15) is 16.2 Å². The van der Waals surface area contributed by atoms with E-state index in [0.29, 0.717) is 5.69 Å². The molecule has 9 nitrogen and oxygen atoms in total. The number of carbonyl (C=O) groups excluding carboxylic acids is 1. The van der Waals surface area contributed by atoms with Crippen molar-refractivity contribution in [3.63, 3.8) is 0 Å². The Bertz CT molecular complexity index is 551. The molecule has 94 valence electrons. The van der Waals surface area contributed by atoms with Gasteiger partial charge in [-0.15, -0.1) is 5.10 Å². The predicted octanol–water partition coefficient (Wildman–Crippen LogP) is -0.856. The molecule has 18 heavy (non-hydrogen) atoms. The van der Waals surface area contributed by atoms with Crippen LogP contribution < -0.4 is 5.32 Å². The zero-order valence-electron chi connectivity index (χ0n) is 8.98. The average molecular weight is 268 g/mol. The van der Waals surface area contributed by atoms with Crippen LogP contribution in [0.25, 0.3) is 0 Å². The monoisotopic (exact) mass is 268 g/mol. The molecule has 2 heterocycles. The second kappa shape index (κ2) is 5.31. The maximum Gasteiger partial charge on any atom is 0.325 e. The van der Waals surface area contributed by atoms with Crippen molar-refractivity contribution < 1.29 is 14.7 Å². The SMILES string of the molecule is O=C(O)Cn1cc(CNC(=O)c2cnsn2)nn1. The summed E-state index contributed by atoms with van der Waals surface area (Å²) in [7, 11) is 0. The molecule has 0 atom stereocenters. The quantitative estimate of drug-likeness (QED) is 0.723. The molecule has 10 heteroatoms. The van der Waals surface area contributed by atoms with Crippen LogP contribution in [0.15, 0.2) is 12.4 Å². The average Bonchev–Trinajstić information content (AvgIpc) is 2.95. The first-order valence-corrected chi connectivity index (χ1v) is 5.55. The van der Waals surface area contributed by atoms with Gasteiger partial charge in [0.05, 0.1) is 30.7 Å². The first kappa shape index (κ1) is 12.1. The lowest BCUT2D eigenvalue weighted by Gasteiger charge is -1.98. The Labute approximate surface area is 105 Å². The van der Waals surface area contributed by atoms with Crippen molar-refractivity contribution in [1.29, 1.82) is 0 Å². The minimum Gasteiger partial charge on any atom is -0.480 e. The summed E-state index contributed by atoms with van der Waals surface area (Å²) < 4.78 is 8.65. The molecule has 0 fully saturated rings. The normalized spacial score (nSPS) is 10.2. The Morgan fingerprint density at radius 2 is 2.33 bits per heavy atom. The zero-order chi connectivity index (χ0) is 13.0. The largest absolute Gasteiger partial charge is 0.480 e. The fraction of sp³-hybridized carbons (Fsp3) is 0.250. The van der Waals surface area contributed by atoms with Gasteiger partial charge >= 0.3 is 5.97 Å². The molecule has 0 aliphatic carbocycles. The van der Waals surface area contributed by atoms with Crippen LogP contribution in [-0.4, -0.2) is 40.7 Å². The maximum atomic E-state index is 11.5. The molecule has 0 bridgehead atoms. The maximum absolute atomic E-state index is 11.5. The summed E-state index contributed by atoms with van der Waals surface area (Å²) in [5.74, 6) is -1.37. The number of carbonyl (C=O) groups is 2. The van der Waals surface area contributed by atoms with E-state index in [1.165, 1.54) is 17.1 Å². The summed E-state index contributed by atoms with van der Waals surface area (Å²) in [5.41, 5.74) is 0.700. The van der Waals surface area contributed by atoms with Crippen molar-refractivity contribution >= 4 is 23.6 Å². The number of carboxylic acid groups (broad SMARTS) is 1. The number of aliphatic carboxylic acids is 1. The van der Waals surface area contributed by atoms with Crippen LogP contribution in [0.5, 0.6) is 0 Å². The minimum atomic E-state index is -1.01. The number of hydrogen-bond donors (Lipinski definition) is 2. The molecule has 1 amide bonds. The van der Waals surface area contributed by atoms with Crippen molar-refractivity contribution in [2.75, 3.05) is 0 Å². The molecule has 0 spiro atoms. The smallest absolute Gasteiger partial charge is 0.325 e. The van der Waals surface area contributed by atoms with Crippen molar-refractivity contribution in [3.05, 3.63) is 23.8 Å². The van der Waals surface area contributed by atoms with Gasteiger partial charge in [0.2, 0.25) is 0 Å². The van der Waals surface area contributed by atoms with E-state index in [1.54, 1.807) is 0 Å². The van der Waals surface area contributed by atoms with Crippen molar-refractivity contribution in [2.45, 2.75) is 13.1 Å². The van der Waals surface area contributed by atoms with Crippen LogP contribution >= 0.6 is 11.7 Å². The van der Waals surface area contributed by atoms with Crippen LogP contribution in [0, 0.1) is 0 Å². The van der Waals surface area contributed by atoms with E-state index in [-0.39, 0.29) is 24.7 Å². The van der Waals surface area contributed by atoms with Gasteiger partial charge in [0.15, 0.2) is 5.69 Å². The first-order valence-electron chi connectivity index (χ1n) is 4.81. The fourth-order valence-corrected chi connectivity index (χ4v) is 1.57. The fourth-order valence-electron chi connectivity index (χ4n) is 1.16. The van der Waals surface area contributed by atoms with Gasteiger partial charge in [-0.25, -0.2) is 4.68 Å². The number of carboxylic acids is 1. The Morgan fingerprint density at radius 3 is 3.00 bits per heavy atom. The van der Waals surface area contributed by atoms with Crippen LogP contribution in [0.3, 0.4) is 0 Å². The Morgan fingerprint density at radius 1 is 1.50 bits per heavy atom. The molecular formula is C8H8N6O3S. The Balaban J connectivity index is 1.88. The summed E-state index contributed by atoms with van der Waals surface area (Å²) in [4.78, 5) is 21.9. The van der Waals surface area contributed by atoms with E-state index in [9.17, 15) is 9.59 Å². The highest BCUT2D eigenvalue weighted by Gasteiger charge is 2.09. The van der Waals surface area contributed by atoms with E-state index < -0.39 is 5.97 Å². The number of amides is 1. The van der Waals surface area contributed by atoms with Gasteiger partial charge in [-0.3, -0.25) is 9.59 Å². The second-order valence-electron chi connectivity index (χ2n) is 3.28. The topological polar surface area (TPSA) is 123 Å². The molecule has 0 saturated heterocycles. The standard InChI is InChI=1S/C8H8N6O3S/c15-7(16)4-14-3-5(11-13-14)1-9-8(17)6-2-10-18-12-6/h2-3H,1,4H2,(H,9,17)(H,15,16). The summed E-state index contributed by atoms with van der Waals surface area (Å²) >= 11 is 0.942. The van der Waals surface area contributed by atoms with Crippen molar-refractivity contribution in [2.24, 2.45) is 0 Å². The van der Waals surface area contributed by atoms with Crippen molar-refractivity contribution in [3.8, 4) is 0 Å². The highest BCUT2D eigenvalue weighted by atomic mass is 32.1. The van der Waals surface area contributed by atoms with E-state index in [1.807, 2.05) is 0 Å². The number of nitrogens with zero attached hydrogens (tertiary/aromatic N) is 5. The lowest BCUT2D eigenvalue weighted by atomic mass is 10.4. The van der Waals surface area contributed by atoms with Gasteiger partial charge < -0.3 is 10.4 Å². The van der Waals surface area contributed by atoms with Gasteiger partial charge in [0, 0.05) is 0 Å². The van der Waals surface area contributed by atoms with E-state index in [0.717, 1.165) is 11.7 Å². The van der Waals surface area contributed by atoms with Crippen molar-refractivity contribution in [1.82, 2.24) is 29.1 Å². The molecule has 0 unspecified atom stereocenters. The lowest BCUT2D eigenvalue weighted by Crippen LogP contribution is -2.23. The molecule has 0 aliphatic rings. The number of aromatic nitrogens is 5. The summed E-state index contributed by atoms with van der Waals surface area (Å²) in [5, 5.41) is 18.4. The first-order chi connectivity index (χ1) is 8.65. The minimum absolute atomic E-state index is 0.149. The molecule has 0 saturated carbocycles. The molecule has 0 radical (unpaired) electrons. The van der Waals surface area contributed by atoms with Gasteiger partial charge in [-0.1, -0.05) is 5.21 Å². The molecular weight excluding hydrogens is 260 g/mol. The van der Waals surface area contributed by atoms with Gasteiger partial charge in [-0.2, -0.15) is 8.75 Å². The second-order valence-corrected chi connectivity index (χ2v) is 3.83. The van der Waals surface area contributed by atoms with E-state index >= 15 is 0 Å². The number of rotatable bonds is 5. The number of hydrogen-bond acceptors (Lipinski definition) is 7. The molecule has 2 rings (SSSR count). The summed E-state index contributed by atoms with van der Waals surface area (Å²) in [6, 6.07) is 0. The predicted molar refractivity (Wildman–Crippen MR) is 58.7 cm³/mol. The van der Waals surface area contributed by atoms with E-state index in [2.05, 4.69) is 24.4 Å². The highest BCUT2D eigenvalue weighted by Crippen LogP contribution is 1.97. The van der Waals surface area contributed by atoms with Crippen LogP contribution in [0.4, 0.5) is 0 Å². The summed E-state index contributed by atoms with van der Waals surface area (Å²) in [6.07, 6.45) is 2.81. The zero-order valence-corrected chi connectivity index (χ0v) is 9.79. The summed E-state index contributed by atoms with van der Waals surface area (Å²) in [6.45, 7) is -0.118. The van der Waals surface area contributed by atoms with E-state index in [4.69, 9.17) is 5.11 Å². The lowest BCUT2D eigenvalue weighted by molar-refractivity contribution is -0.137. The molecule has 2 aromatic heterocycles. The third-order valence-corrected chi connectivity index (χ3v) is 2.39. The van der Waals surface area contributed by atoms with Gasteiger partial charge in [-0.05, 0) is 0 Å². The Kier molecular flexibility index (Phi) is 3.57. The van der Waals surface area contributed by atoms with Gasteiger partial charge in [0.1, 0.15) is 12.2 Å². The van der Waals surface area contributed by atoms with Crippen LogP contribution in [0.2, 0.25) is 0 Å². The Hall–Kier alpha value is -2.36. The third kappa shape index (κ3) is 3.07. The third-order valence-electron chi connectivity index (χ3n) is 1.91. The molecule has 2 aromatic rings. The van der Waals surface area contributed by atoms with Gasteiger partial charge in [0.25, 0.3) is 5.91 Å². The highest BCUT2D eigenvalue weighted by molar-refractivity contribution is 6.99. The van der Waals surface area contributed by atoms with Crippen LogP contribution in [-0.2, 0) is 17.9 Å². The molecule has 0 aromatic carbocycles. The number of nitrogens with one attached hydrogen (secondary N) is 1. The molecule has 0 aliphatic heterocycles. The molecule has 2 N–H and O–H groups in total.